The van der Waals surface area contributed by atoms with Gasteiger partial charge in [0, 0.05) is 24.3 Å². The maximum atomic E-state index is 13.2. The van der Waals surface area contributed by atoms with Gasteiger partial charge in [-0.3, -0.25) is 4.79 Å². The summed E-state index contributed by atoms with van der Waals surface area (Å²) in [5.74, 6) is -0.121. The van der Waals surface area contributed by atoms with Gasteiger partial charge in [0.2, 0.25) is 5.91 Å². The van der Waals surface area contributed by atoms with E-state index in [1.165, 1.54) is 23.9 Å². The fourth-order valence-electron chi connectivity index (χ4n) is 2.74. The van der Waals surface area contributed by atoms with Crippen LogP contribution in [0.3, 0.4) is 0 Å². The van der Waals surface area contributed by atoms with Crippen LogP contribution in [-0.4, -0.2) is 41.0 Å². The average molecular weight is 448 g/mol. The number of ether oxygens (including phenoxy) is 2. The molecule has 1 heterocycles. The minimum Gasteiger partial charge on any atom is -0.460 e. The van der Waals surface area contributed by atoms with Crippen molar-refractivity contribution in [2.24, 2.45) is 5.92 Å². The second-order valence-corrected chi connectivity index (χ2v) is 7.24. The summed E-state index contributed by atoms with van der Waals surface area (Å²) in [5.41, 5.74) is 0.558. The number of nitrogens with one attached hydrogen (secondary N) is 1. The lowest BCUT2D eigenvalue weighted by molar-refractivity contribution is -0.137. The molecule has 0 spiro atoms. The van der Waals surface area contributed by atoms with E-state index in [1.807, 2.05) is 0 Å². The van der Waals surface area contributed by atoms with Gasteiger partial charge in [-0.25, -0.2) is 4.68 Å². The van der Waals surface area contributed by atoms with Crippen molar-refractivity contribution in [2.45, 2.75) is 20.0 Å². The normalized spacial score (nSPS) is 11.6. The molecule has 0 saturated carbocycles. The number of carbonyl (C=O) groups is 1. The van der Waals surface area contributed by atoms with Crippen molar-refractivity contribution < 1.29 is 27.4 Å². The number of carbonyl (C=O) groups excluding carboxylic acids is 1. The lowest BCUT2D eigenvalue weighted by Crippen LogP contribution is -2.17. The topological polar surface area (TPSA) is 78.3 Å². The zero-order valence-electron chi connectivity index (χ0n) is 17.8. The van der Waals surface area contributed by atoms with E-state index in [9.17, 15) is 18.0 Å². The van der Waals surface area contributed by atoms with E-state index in [2.05, 4.69) is 15.4 Å². The van der Waals surface area contributed by atoms with Crippen molar-refractivity contribution >= 4 is 11.6 Å². The van der Waals surface area contributed by atoms with Gasteiger partial charge in [0.1, 0.15) is 6.61 Å². The predicted octanol–water partition coefficient (Wildman–Crippen LogP) is 4.57. The fraction of sp³-hybridized carbons (Fsp3) is 0.318. The smallest absolute Gasteiger partial charge is 0.416 e. The SMILES string of the molecule is COCCOc1nc(-c2cccc(C(F)(F)F)c2)n(-c2ccc(NC(=O)C(C)C)cc2)n1. The molecule has 32 heavy (non-hydrogen) atoms. The Morgan fingerprint density at radius 1 is 1.12 bits per heavy atom. The molecule has 1 aromatic heterocycles. The average Bonchev–Trinajstić information content (AvgIpc) is 3.18. The number of benzene rings is 2. The summed E-state index contributed by atoms with van der Waals surface area (Å²) in [4.78, 5) is 16.2. The lowest BCUT2D eigenvalue weighted by Gasteiger charge is -2.11. The molecule has 1 N–H and O–H groups in total. The number of aromatic nitrogens is 3. The van der Waals surface area contributed by atoms with Gasteiger partial charge in [0.05, 0.1) is 17.9 Å². The van der Waals surface area contributed by atoms with Crippen LogP contribution in [0.15, 0.2) is 48.5 Å². The Hall–Kier alpha value is -3.40. The highest BCUT2D eigenvalue weighted by Gasteiger charge is 2.31. The van der Waals surface area contributed by atoms with Crippen molar-refractivity contribution in [1.82, 2.24) is 14.8 Å². The molecule has 0 aliphatic carbocycles. The van der Waals surface area contributed by atoms with Crippen molar-refractivity contribution in [3.63, 3.8) is 0 Å². The highest BCUT2D eigenvalue weighted by molar-refractivity contribution is 5.92. The van der Waals surface area contributed by atoms with Crippen molar-refractivity contribution in [1.29, 1.82) is 0 Å². The van der Waals surface area contributed by atoms with Gasteiger partial charge in [-0.1, -0.05) is 26.0 Å². The molecule has 10 heteroatoms. The Labute approximate surface area is 183 Å². The van der Waals surface area contributed by atoms with E-state index in [0.717, 1.165) is 12.1 Å². The van der Waals surface area contributed by atoms with Crippen LogP contribution in [0.1, 0.15) is 19.4 Å². The van der Waals surface area contributed by atoms with E-state index in [1.54, 1.807) is 38.1 Å². The summed E-state index contributed by atoms with van der Waals surface area (Å²) in [5, 5.41) is 7.08. The van der Waals surface area contributed by atoms with Crippen LogP contribution in [0.25, 0.3) is 17.1 Å². The first-order valence-electron chi connectivity index (χ1n) is 9.86. The molecule has 0 aliphatic heterocycles. The van der Waals surface area contributed by atoms with Crippen LogP contribution < -0.4 is 10.1 Å². The Morgan fingerprint density at radius 2 is 1.84 bits per heavy atom. The Balaban J connectivity index is 1.98. The summed E-state index contributed by atoms with van der Waals surface area (Å²) >= 11 is 0. The van der Waals surface area contributed by atoms with Gasteiger partial charge >= 0.3 is 12.2 Å². The molecule has 0 bridgehead atoms. The van der Waals surface area contributed by atoms with Crippen LogP contribution in [0, 0.1) is 5.92 Å². The predicted molar refractivity (Wildman–Crippen MR) is 113 cm³/mol. The van der Waals surface area contributed by atoms with Gasteiger partial charge < -0.3 is 14.8 Å². The van der Waals surface area contributed by atoms with Gasteiger partial charge in [-0.15, -0.1) is 5.10 Å². The van der Waals surface area contributed by atoms with Crippen molar-refractivity contribution in [3.05, 3.63) is 54.1 Å². The number of methoxy groups -OCH3 is 1. The molecular weight excluding hydrogens is 425 g/mol. The Bertz CT molecular complexity index is 1060. The van der Waals surface area contributed by atoms with E-state index >= 15 is 0 Å². The van der Waals surface area contributed by atoms with E-state index in [4.69, 9.17) is 9.47 Å². The fourth-order valence-corrected chi connectivity index (χ4v) is 2.74. The van der Waals surface area contributed by atoms with Gasteiger partial charge in [0.25, 0.3) is 0 Å². The largest absolute Gasteiger partial charge is 0.460 e. The van der Waals surface area contributed by atoms with Gasteiger partial charge in [-0.2, -0.15) is 18.2 Å². The number of halogens is 3. The van der Waals surface area contributed by atoms with Crippen LogP contribution in [-0.2, 0) is 15.7 Å². The first-order chi connectivity index (χ1) is 15.2. The number of alkyl halides is 3. The minimum atomic E-state index is -4.49. The maximum Gasteiger partial charge on any atom is 0.416 e. The molecule has 170 valence electrons. The lowest BCUT2D eigenvalue weighted by atomic mass is 10.1. The molecule has 0 fully saturated rings. The molecule has 1 amide bonds. The molecule has 3 aromatic rings. The summed E-state index contributed by atoms with van der Waals surface area (Å²) in [7, 11) is 1.52. The number of amides is 1. The number of hydrogen-bond acceptors (Lipinski definition) is 5. The molecule has 0 atom stereocenters. The van der Waals surface area contributed by atoms with Crippen LogP contribution >= 0.6 is 0 Å². The molecule has 2 aromatic carbocycles. The molecule has 3 rings (SSSR count). The summed E-state index contributed by atoms with van der Waals surface area (Å²) in [6.45, 7) is 4.05. The maximum absolute atomic E-state index is 13.2. The zero-order chi connectivity index (χ0) is 23.3. The molecule has 7 nitrogen and oxygen atoms in total. The summed E-state index contributed by atoms with van der Waals surface area (Å²) in [6.07, 6.45) is -4.49. The third-order valence-electron chi connectivity index (χ3n) is 4.46. The molecular formula is C22H23F3N4O3. The van der Waals surface area contributed by atoms with Gasteiger partial charge in [-0.05, 0) is 36.4 Å². The summed E-state index contributed by atoms with van der Waals surface area (Å²) in [6, 6.07) is 11.6. The third kappa shape index (κ3) is 5.64. The Kier molecular flexibility index (Phi) is 7.14. The van der Waals surface area contributed by atoms with Crippen LogP contribution in [0.4, 0.5) is 18.9 Å². The van der Waals surface area contributed by atoms with Crippen LogP contribution in [0.5, 0.6) is 6.01 Å². The number of rotatable bonds is 8. The third-order valence-corrected chi connectivity index (χ3v) is 4.46. The van der Waals surface area contributed by atoms with Crippen molar-refractivity contribution in [3.8, 4) is 23.1 Å². The second-order valence-electron chi connectivity index (χ2n) is 7.24. The molecule has 0 radical (unpaired) electrons. The number of anilines is 1. The molecule has 0 aliphatic rings. The zero-order valence-corrected chi connectivity index (χ0v) is 17.8. The van der Waals surface area contributed by atoms with Gasteiger partial charge in [0.15, 0.2) is 5.82 Å². The minimum absolute atomic E-state index is 0.00616. The highest BCUT2D eigenvalue weighted by atomic mass is 19.4. The monoisotopic (exact) mass is 448 g/mol. The van der Waals surface area contributed by atoms with Crippen molar-refractivity contribution in [2.75, 3.05) is 25.6 Å². The Morgan fingerprint density at radius 3 is 2.47 bits per heavy atom. The summed E-state index contributed by atoms with van der Waals surface area (Å²) < 4.78 is 51.4. The van der Waals surface area contributed by atoms with E-state index in [0.29, 0.717) is 18.0 Å². The van der Waals surface area contributed by atoms with E-state index in [-0.39, 0.29) is 35.8 Å². The molecule has 0 saturated heterocycles. The number of hydrogen-bond donors (Lipinski definition) is 1. The van der Waals surface area contributed by atoms with Crippen LogP contribution in [0.2, 0.25) is 0 Å². The first-order valence-corrected chi connectivity index (χ1v) is 9.86. The standard InChI is InChI=1S/C22H23F3N4O3/c1-14(2)20(30)26-17-7-9-18(10-8-17)29-19(27-21(28-29)32-12-11-31-3)15-5-4-6-16(13-15)22(23,24)25/h4-10,13-14H,11-12H2,1-3H3,(H,26,30). The molecule has 0 unspecified atom stereocenters. The second kappa shape index (κ2) is 9.82. The number of nitrogens with zero attached hydrogens (tertiary/aromatic N) is 3. The van der Waals surface area contributed by atoms with E-state index < -0.39 is 11.7 Å². The highest BCUT2D eigenvalue weighted by Crippen LogP contribution is 2.33. The first kappa shape index (κ1) is 23.3. The quantitative estimate of drug-likeness (QED) is 0.511.